The van der Waals surface area contributed by atoms with Crippen molar-refractivity contribution in [3.05, 3.63) is 54.0 Å². The maximum absolute atomic E-state index is 13.3. The van der Waals surface area contributed by atoms with Gasteiger partial charge in [-0.3, -0.25) is 0 Å². The van der Waals surface area contributed by atoms with E-state index < -0.39 is 29.5 Å². The molecule has 0 radical (unpaired) electrons. The first-order chi connectivity index (χ1) is 9.58. The van der Waals surface area contributed by atoms with E-state index in [1.54, 1.807) is 6.07 Å². The highest BCUT2D eigenvalue weighted by Crippen LogP contribution is 2.17. The van der Waals surface area contributed by atoms with E-state index in [2.05, 4.69) is 5.32 Å². The summed E-state index contributed by atoms with van der Waals surface area (Å²) < 4.78 is 31.4. The quantitative estimate of drug-likeness (QED) is 0.806. The standard InChI is InChI=1S/C13H12F2N2O3/c14-9-2-1-3-10(15)12(9)17-13(19)16-6-11(18)8-4-5-20-7-8/h1-5,7,11,18H,6H2,(H2,16,17,19)/t11-/m0/s1. The van der Waals surface area contributed by atoms with Crippen LogP contribution in [0.1, 0.15) is 11.7 Å². The third-order valence-electron chi connectivity index (χ3n) is 2.59. The summed E-state index contributed by atoms with van der Waals surface area (Å²) in [6, 6.07) is 3.96. The summed E-state index contributed by atoms with van der Waals surface area (Å²) in [6.45, 7) is -0.124. The lowest BCUT2D eigenvalue weighted by atomic mass is 10.2. The molecule has 7 heteroatoms. The third kappa shape index (κ3) is 3.33. The number of amides is 2. The van der Waals surface area contributed by atoms with Gasteiger partial charge in [0.2, 0.25) is 0 Å². The van der Waals surface area contributed by atoms with Gasteiger partial charge in [-0.25, -0.2) is 13.6 Å². The van der Waals surface area contributed by atoms with Crippen LogP contribution < -0.4 is 10.6 Å². The Bertz CT molecular complexity index is 567. The van der Waals surface area contributed by atoms with Crippen molar-refractivity contribution >= 4 is 11.7 Å². The van der Waals surface area contributed by atoms with Crippen molar-refractivity contribution in [3.8, 4) is 0 Å². The molecule has 1 aromatic heterocycles. The van der Waals surface area contributed by atoms with Gasteiger partial charge in [0.05, 0.1) is 18.6 Å². The Labute approximate surface area is 113 Å². The highest BCUT2D eigenvalue weighted by atomic mass is 19.1. The van der Waals surface area contributed by atoms with E-state index in [0.29, 0.717) is 5.56 Å². The van der Waals surface area contributed by atoms with Crippen LogP contribution in [0.5, 0.6) is 0 Å². The molecule has 2 rings (SSSR count). The summed E-state index contributed by atoms with van der Waals surface area (Å²) in [4.78, 5) is 11.5. The number of hydrogen-bond acceptors (Lipinski definition) is 3. The van der Waals surface area contributed by atoms with Gasteiger partial charge in [0.1, 0.15) is 17.3 Å². The topological polar surface area (TPSA) is 74.5 Å². The fourth-order valence-electron chi connectivity index (χ4n) is 1.55. The highest BCUT2D eigenvalue weighted by molar-refractivity contribution is 5.89. The van der Waals surface area contributed by atoms with Crippen molar-refractivity contribution in [2.75, 3.05) is 11.9 Å². The molecule has 0 aliphatic heterocycles. The minimum Gasteiger partial charge on any atom is -0.472 e. The molecule has 2 amide bonds. The maximum atomic E-state index is 13.3. The van der Waals surface area contributed by atoms with E-state index in [4.69, 9.17) is 4.42 Å². The van der Waals surface area contributed by atoms with Gasteiger partial charge in [-0.15, -0.1) is 0 Å². The molecule has 2 aromatic rings. The Hall–Kier alpha value is -2.41. The van der Waals surface area contributed by atoms with E-state index >= 15 is 0 Å². The molecular weight excluding hydrogens is 270 g/mol. The largest absolute Gasteiger partial charge is 0.472 e. The molecule has 0 saturated carbocycles. The Morgan fingerprint density at radius 2 is 2.00 bits per heavy atom. The number of nitrogens with one attached hydrogen (secondary N) is 2. The summed E-state index contributed by atoms with van der Waals surface area (Å²) in [5.41, 5.74) is -0.0508. The molecule has 0 aliphatic carbocycles. The van der Waals surface area contributed by atoms with Crippen LogP contribution >= 0.6 is 0 Å². The number of furan rings is 1. The summed E-state index contributed by atoms with van der Waals surface area (Å²) >= 11 is 0. The van der Waals surface area contributed by atoms with Crippen molar-refractivity contribution in [1.29, 1.82) is 0 Å². The number of urea groups is 1. The van der Waals surface area contributed by atoms with Crippen LogP contribution in [0.15, 0.2) is 41.2 Å². The van der Waals surface area contributed by atoms with E-state index in [1.165, 1.54) is 18.6 Å². The molecule has 0 aliphatic rings. The van der Waals surface area contributed by atoms with Gasteiger partial charge >= 0.3 is 6.03 Å². The zero-order valence-electron chi connectivity index (χ0n) is 10.3. The Morgan fingerprint density at radius 3 is 2.60 bits per heavy atom. The summed E-state index contributed by atoms with van der Waals surface area (Å²) in [5, 5.41) is 14.0. The van der Waals surface area contributed by atoms with Gasteiger partial charge in [-0.1, -0.05) is 6.07 Å². The summed E-state index contributed by atoms with van der Waals surface area (Å²) in [6.07, 6.45) is 1.75. The number of anilines is 1. The lowest BCUT2D eigenvalue weighted by molar-refractivity contribution is 0.174. The van der Waals surface area contributed by atoms with Gasteiger partial charge in [0, 0.05) is 12.1 Å². The number of carbonyl (C=O) groups is 1. The molecule has 0 fully saturated rings. The number of rotatable bonds is 4. The number of hydrogen-bond donors (Lipinski definition) is 3. The molecule has 5 nitrogen and oxygen atoms in total. The van der Waals surface area contributed by atoms with Crippen LogP contribution in [0.4, 0.5) is 19.3 Å². The smallest absolute Gasteiger partial charge is 0.319 e. The van der Waals surface area contributed by atoms with Crippen molar-refractivity contribution in [2.24, 2.45) is 0 Å². The summed E-state index contributed by atoms with van der Waals surface area (Å²) in [5.74, 6) is -1.76. The first-order valence-electron chi connectivity index (χ1n) is 5.77. The fourth-order valence-corrected chi connectivity index (χ4v) is 1.55. The average molecular weight is 282 g/mol. The number of para-hydroxylation sites is 1. The SMILES string of the molecule is O=C(NC[C@H](O)c1ccoc1)Nc1c(F)cccc1F. The minimum atomic E-state index is -0.968. The first kappa shape index (κ1) is 14.0. The van der Waals surface area contributed by atoms with Crippen LogP contribution in [-0.2, 0) is 0 Å². The zero-order chi connectivity index (χ0) is 14.5. The second-order valence-electron chi connectivity index (χ2n) is 4.00. The Kier molecular flexibility index (Phi) is 4.31. The van der Waals surface area contributed by atoms with E-state index in [-0.39, 0.29) is 6.54 Å². The lowest BCUT2D eigenvalue weighted by Crippen LogP contribution is -2.32. The maximum Gasteiger partial charge on any atom is 0.319 e. The normalized spacial score (nSPS) is 11.9. The van der Waals surface area contributed by atoms with Crippen molar-refractivity contribution in [1.82, 2.24) is 5.32 Å². The first-order valence-corrected chi connectivity index (χ1v) is 5.77. The zero-order valence-corrected chi connectivity index (χ0v) is 10.3. The average Bonchev–Trinajstić information content (AvgIpc) is 2.94. The summed E-state index contributed by atoms with van der Waals surface area (Å²) in [7, 11) is 0. The Balaban J connectivity index is 1.90. The second-order valence-corrected chi connectivity index (χ2v) is 4.00. The predicted molar refractivity (Wildman–Crippen MR) is 67.0 cm³/mol. The molecule has 1 atom stereocenters. The van der Waals surface area contributed by atoms with Gasteiger partial charge in [-0.2, -0.15) is 0 Å². The predicted octanol–water partition coefficient (Wildman–Crippen LogP) is 2.41. The van der Waals surface area contributed by atoms with Gasteiger partial charge in [-0.05, 0) is 18.2 Å². The molecule has 0 saturated heterocycles. The number of aliphatic hydroxyl groups is 1. The van der Waals surface area contributed by atoms with Crippen molar-refractivity contribution < 1.29 is 23.1 Å². The van der Waals surface area contributed by atoms with Crippen LogP contribution in [0.25, 0.3) is 0 Å². The van der Waals surface area contributed by atoms with Crippen LogP contribution in [0, 0.1) is 11.6 Å². The minimum absolute atomic E-state index is 0.124. The van der Waals surface area contributed by atoms with Gasteiger partial charge in [0.25, 0.3) is 0 Å². The van der Waals surface area contributed by atoms with E-state index in [0.717, 1.165) is 12.1 Å². The van der Waals surface area contributed by atoms with Crippen molar-refractivity contribution in [3.63, 3.8) is 0 Å². The monoisotopic (exact) mass is 282 g/mol. The number of carbonyl (C=O) groups excluding carboxylic acids is 1. The van der Waals surface area contributed by atoms with Crippen LogP contribution in [-0.4, -0.2) is 17.7 Å². The van der Waals surface area contributed by atoms with E-state index in [9.17, 15) is 18.7 Å². The van der Waals surface area contributed by atoms with Gasteiger partial charge < -0.3 is 20.2 Å². The number of halogens is 2. The van der Waals surface area contributed by atoms with Crippen LogP contribution in [0.3, 0.4) is 0 Å². The highest BCUT2D eigenvalue weighted by Gasteiger charge is 2.14. The molecule has 1 heterocycles. The molecule has 0 unspecified atom stereocenters. The molecule has 106 valence electrons. The second kappa shape index (κ2) is 6.16. The molecular formula is C13H12F2N2O3. The Morgan fingerprint density at radius 1 is 1.30 bits per heavy atom. The molecule has 20 heavy (non-hydrogen) atoms. The number of benzene rings is 1. The molecule has 0 bridgehead atoms. The third-order valence-corrected chi connectivity index (χ3v) is 2.59. The molecule has 3 N–H and O–H groups in total. The lowest BCUT2D eigenvalue weighted by Gasteiger charge is -2.12. The van der Waals surface area contributed by atoms with Gasteiger partial charge in [0.15, 0.2) is 0 Å². The van der Waals surface area contributed by atoms with Crippen molar-refractivity contribution in [2.45, 2.75) is 6.10 Å². The van der Waals surface area contributed by atoms with Crippen LogP contribution in [0.2, 0.25) is 0 Å². The molecule has 1 aromatic carbocycles. The molecule has 0 spiro atoms. The van der Waals surface area contributed by atoms with E-state index in [1.807, 2.05) is 5.32 Å². The number of aliphatic hydroxyl groups excluding tert-OH is 1. The fraction of sp³-hybridized carbons (Fsp3) is 0.154.